The molecule has 0 unspecified atom stereocenters. The maximum absolute atomic E-state index is 13.0. The Balaban J connectivity index is 1.63. The lowest BCUT2D eigenvalue weighted by atomic mass is 10.1. The van der Waals surface area contributed by atoms with Gasteiger partial charge in [0, 0.05) is 12.0 Å². The Labute approximate surface area is 143 Å². The Morgan fingerprint density at radius 2 is 2.29 bits per heavy atom. The van der Waals surface area contributed by atoms with Crippen LogP contribution in [-0.2, 0) is 4.79 Å². The second-order valence-electron chi connectivity index (χ2n) is 5.20. The van der Waals surface area contributed by atoms with Gasteiger partial charge in [-0.1, -0.05) is 42.1 Å². The highest BCUT2D eigenvalue weighted by Gasteiger charge is 2.16. The van der Waals surface area contributed by atoms with Gasteiger partial charge in [0.05, 0.1) is 12.0 Å². The molecule has 1 saturated heterocycles. The average molecular weight is 345 g/mol. The van der Waals surface area contributed by atoms with Crippen LogP contribution < -0.4 is 10.1 Å². The van der Waals surface area contributed by atoms with Crippen LogP contribution in [0.15, 0.2) is 58.3 Å². The predicted molar refractivity (Wildman–Crippen MR) is 94.3 cm³/mol. The Morgan fingerprint density at radius 1 is 1.42 bits per heavy atom. The van der Waals surface area contributed by atoms with E-state index in [0.717, 1.165) is 11.1 Å². The molecule has 24 heavy (non-hydrogen) atoms. The molecule has 3 rings (SSSR count). The molecule has 0 aromatic heterocycles. The Morgan fingerprint density at radius 3 is 3.04 bits per heavy atom. The molecule has 1 aliphatic carbocycles. The monoisotopic (exact) mass is 345 g/mol. The highest BCUT2D eigenvalue weighted by atomic mass is 32.2. The molecule has 1 fully saturated rings. The summed E-state index contributed by atoms with van der Waals surface area (Å²) < 4.78 is 18.8. The number of hydrogen-bond acceptors (Lipinski definition) is 5. The molecule has 1 amide bonds. The molecule has 1 aromatic carbocycles. The number of hydrogen-bond donors (Lipinski definition) is 1. The summed E-state index contributed by atoms with van der Waals surface area (Å²) in [5.74, 6) is 0.972. The first-order chi connectivity index (χ1) is 11.7. The number of amides is 1. The third-order valence-corrected chi connectivity index (χ3v) is 4.23. The van der Waals surface area contributed by atoms with E-state index >= 15 is 0 Å². The summed E-state index contributed by atoms with van der Waals surface area (Å²) in [4.78, 5) is 11.1. The number of rotatable bonds is 5. The van der Waals surface area contributed by atoms with Crippen molar-refractivity contribution in [3.05, 3.63) is 53.6 Å². The van der Waals surface area contributed by atoms with Crippen LogP contribution in [0.25, 0.3) is 0 Å². The number of nitrogens with one attached hydrogen (secondary N) is 1. The van der Waals surface area contributed by atoms with Crippen LogP contribution in [0.2, 0.25) is 0 Å². The summed E-state index contributed by atoms with van der Waals surface area (Å²) in [7, 11) is 0. The van der Waals surface area contributed by atoms with Crippen LogP contribution in [0.4, 0.5) is 4.39 Å². The first kappa shape index (κ1) is 16.4. The molecule has 0 spiro atoms. The summed E-state index contributed by atoms with van der Waals surface area (Å²) in [5.41, 5.74) is 1.72. The number of para-hydroxylation sites is 1. The van der Waals surface area contributed by atoms with E-state index in [9.17, 15) is 9.18 Å². The van der Waals surface area contributed by atoms with Crippen molar-refractivity contribution in [2.75, 3.05) is 12.4 Å². The van der Waals surface area contributed by atoms with Gasteiger partial charge in [0.15, 0.2) is 5.17 Å². The van der Waals surface area contributed by atoms with E-state index in [-0.39, 0.29) is 5.91 Å². The van der Waals surface area contributed by atoms with Gasteiger partial charge in [0.1, 0.15) is 18.5 Å². The first-order valence-corrected chi connectivity index (χ1v) is 8.46. The zero-order valence-electron chi connectivity index (χ0n) is 12.8. The zero-order chi connectivity index (χ0) is 16.8. The SMILES string of the molecule is O=C1CSC(=N/N=C\c2ccccc2OCC2=CC[C@@H](F)C=C2)N1. The number of amidine groups is 1. The van der Waals surface area contributed by atoms with Crippen molar-refractivity contribution in [1.82, 2.24) is 5.32 Å². The van der Waals surface area contributed by atoms with Gasteiger partial charge >= 0.3 is 0 Å². The van der Waals surface area contributed by atoms with E-state index < -0.39 is 6.17 Å². The van der Waals surface area contributed by atoms with Crippen molar-refractivity contribution >= 4 is 29.1 Å². The summed E-state index contributed by atoms with van der Waals surface area (Å²) in [6.07, 6.45) is 6.19. The predicted octanol–water partition coefficient (Wildman–Crippen LogP) is 2.84. The fraction of sp³-hybridized carbons (Fsp3) is 0.235. The lowest BCUT2D eigenvalue weighted by molar-refractivity contribution is -0.116. The molecule has 1 aliphatic heterocycles. The van der Waals surface area contributed by atoms with Crippen LogP contribution in [0, 0.1) is 0 Å². The summed E-state index contributed by atoms with van der Waals surface area (Å²) in [6, 6.07) is 7.45. The number of thioether (sulfide) groups is 1. The van der Waals surface area contributed by atoms with E-state index in [4.69, 9.17) is 4.74 Å². The molecule has 1 atom stereocenters. The van der Waals surface area contributed by atoms with Crippen LogP contribution in [0.3, 0.4) is 0 Å². The van der Waals surface area contributed by atoms with E-state index in [1.165, 1.54) is 17.8 Å². The van der Waals surface area contributed by atoms with Crippen LogP contribution in [0.1, 0.15) is 12.0 Å². The molecule has 2 aliphatic rings. The Bertz CT molecular complexity index is 743. The van der Waals surface area contributed by atoms with Gasteiger partial charge in [-0.05, 0) is 17.7 Å². The van der Waals surface area contributed by atoms with E-state index in [0.29, 0.717) is 29.7 Å². The van der Waals surface area contributed by atoms with E-state index in [2.05, 4.69) is 15.5 Å². The molecule has 1 aromatic rings. The molecular formula is C17H16FN3O2S. The third-order valence-electron chi connectivity index (χ3n) is 3.37. The average Bonchev–Trinajstić information content (AvgIpc) is 3.01. The summed E-state index contributed by atoms with van der Waals surface area (Å²) in [5, 5.41) is 11.1. The number of allylic oxidation sites excluding steroid dienone is 2. The minimum absolute atomic E-state index is 0.0676. The van der Waals surface area contributed by atoms with E-state index in [1.807, 2.05) is 30.3 Å². The first-order valence-electron chi connectivity index (χ1n) is 7.47. The van der Waals surface area contributed by atoms with Gasteiger partial charge in [-0.2, -0.15) is 5.10 Å². The molecule has 0 saturated carbocycles. The zero-order valence-corrected chi connectivity index (χ0v) is 13.6. The smallest absolute Gasteiger partial charge is 0.236 e. The van der Waals surface area contributed by atoms with Gasteiger partial charge in [0.25, 0.3) is 0 Å². The minimum Gasteiger partial charge on any atom is -0.488 e. The molecule has 0 bridgehead atoms. The topological polar surface area (TPSA) is 63.0 Å². The lowest BCUT2D eigenvalue weighted by Crippen LogP contribution is -2.19. The molecule has 1 N–H and O–H groups in total. The number of benzene rings is 1. The van der Waals surface area contributed by atoms with Crippen molar-refractivity contribution in [2.24, 2.45) is 10.2 Å². The van der Waals surface area contributed by atoms with Gasteiger partial charge in [-0.3, -0.25) is 4.79 Å². The minimum atomic E-state index is -0.902. The van der Waals surface area contributed by atoms with Gasteiger partial charge in [-0.15, -0.1) is 5.10 Å². The van der Waals surface area contributed by atoms with Gasteiger partial charge in [-0.25, -0.2) is 4.39 Å². The number of carbonyl (C=O) groups excluding carboxylic acids is 1. The number of alkyl halides is 1. The third kappa shape index (κ3) is 4.55. The lowest BCUT2D eigenvalue weighted by Gasteiger charge is -2.12. The fourth-order valence-corrected chi connectivity index (χ4v) is 2.78. The second-order valence-corrected chi connectivity index (χ2v) is 6.17. The standard InChI is InChI=1S/C17H16FN3O2S/c18-14-7-5-12(6-8-14)10-23-15-4-2-1-3-13(15)9-19-21-17-20-16(22)11-24-17/h1-7,9,14H,8,10-11H2,(H,20,21,22)/b19-9-/t14-/m0/s1. The number of ether oxygens (including phenoxy) is 1. The molecule has 7 heteroatoms. The van der Waals surface area contributed by atoms with Crippen LogP contribution in [-0.4, -0.2) is 35.8 Å². The Kier molecular flexibility index (Phi) is 5.43. The molecular weight excluding hydrogens is 329 g/mol. The molecule has 0 radical (unpaired) electrons. The number of nitrogens with zero attached hydrogens (tertiary/aromatic N) is 2. The number of halogens is 1. The molecule has 5 nitrogen and oxygen atoms in total. The molecule has 124 valence electrons. The van der Waals surface area contributed by atoms with Crippen LogP contribution >= 0.6 is 11.8 Å². The summed E-state index contributed by atoms with van der Waals surface area (Å²) >= 11 is 1.32. The normalized spacial score (nSPS) is 22.0. The van der Waals surface area contributed by atoms with Crippen molar-refractivity contribution < 1.29 is 13.9 Å². The Hall–Kier alpha value is -2.41. The highest BCUT2D eigenvalue weighted by Crippen LogP contribution is 2.19. The van der Waals surface area contributed by atoms with Crippen molar-refractivity contribution in [2.45, 2.75) is 12.6 Å². The maximum atomic E-state index is 13.0. The quantitative estimate of drug-likeness (QED) is 0.659. The summed E-state index contributed by atoms with van der Waals surface area (Å²) in [6.45, 7) is 0.370. The largest absolute Gasteiger partial charge is 0.488 e. The number of carbonyl (C=O) groups is 1. The molecule has 1 heterocycles. The second kappa shape index (κ2) is 7.92. The van der Waals surface area contributed by atoms with Crippen molar-refractivity contribution in [3.63, 3.8) is 0 Å². The highest BCUT2D eigenvalue weighted by molar-refractivity contribution is 8.15. The van der Waals surface area contributed by atoms with Crippen LogP contribution in [0.5, 0.6) is 5.75 Å². The van der Waals surface area contributed by atoms with Gasteiger partial charge < -0.3 is 10.1 Å². The van der Waals surface area contributed by atoms with Gasteiger partial charge in [0.2, 0.25) is 5.91 Å². The van der Waals surface area contributed by atoms with Crippen molar-refractivity contribution in [1.29, 1.82) is 0 Å². The van der Waals surface area contributed by atoms with Crippen molar-refractivity contribution in [3.8, 4) is 5.75 Å². The fourth-order valence-electron chi connectivity index (χ4n) is 2.15. The van der Waals surface area contributed by atoms with E-state index in [1.54, 1.807) is 12.3 Å². The maximum Gasteiger partial charge on any atom is 0.236 e.